The molecular formula is C15H21N3O2. The van der Waals surface area contributed by atoms with Gasteiger partial charge in [0.15, 0.2) is 6.04 Å². The van der Waals surface area contributed by atoms with Crippen molar-refractivity contribution >= 4 is 5.97 Å². The maximum Gasteiger partial charge on any atom is 0.328 e. The summed E-state index contributed by atoms with van der Waals surface area (Å²) in [4.78, 5) is 16.0. The van der Waals surface area contributed by atoms with E-state index in [2.05, 4.69) is 10.1 Å². The van der Waals surface area contributed by atoms with Crippen LogP contribution in [0.2, 0.25) is 0 Å². The zero-order valence-electron chi connectivity index (χ0n) is 11.8. The first-order valence-corrected chi connectivity index (χ1v) is 7.72. The predicted molar refractivity (Wildman–Crippen MR) is 72.0 cm³/mol. The smallest absolute Gasteiger partial charge is 0.328 e. The second-order valence-electron chi connectivity index (χ2n) is 7.04. The summed E-state index contributed by atoms with van der Waals surface area (Å²) in [5.74, 6) is 3.11. The highest BCUT2D eigenvalue weighted by Gasteiger charge is 2.53. The van der Waals surface area contributed by atoms with Crippen LogP contribution in [0.4, 0.5) is 0 Å². The SMILES string of the molecule is Cc1ncnn1C(C(=O)O)C1C2CC3CC(C2)CC1C3. The highest BCUT2D eigenvalue weighted by Crippen LogP contribution is 2.59. The van der Waals surface area contributed by atoms with E-state index in [1.54, 1.807) is 4.68 Å². The summed E-state index contributed by atoms with van der Waals surface area (Å²) in [6, 6.07) is -0.521. The maximum absolute atomic E-state index is 11.9. The number of nitrogens with zero attached hydrogens (tertiary/aromatic N) is 3. The molecule has 0 aliphatic heterocycles. The molecule has 4 saturated carbocycles. The first-order valence-electron chi connectivity index (χ1n) is 7.72. The molecule has 0 saturated heterocycles. The van der Waals surface area contributed by atoms with E-state index in [0.717, 1.165) is 11.8 Å². The third kappa shape index (κ3) is 1.71. The zero-order chi connectivity index (χ0) is 13.9. The lowest BCUT2D eigenvalue weighted by Gasteiger charge is -2.55. The van der Waals surface area contributed by atoms with Crippen LogP contribution in [0, 0.1) is 36.5 Å². The Labute approximate surface area is 118 Å². The Morgan fingerprint density at radius 1 is 1.25 bits per heavy atom. The number of aliphatic carboxylic acids is 1. The molecule has 1 atom stereocenters. The van der Waals surface area contributed by atoms with E-state index < -0.39 is 12.0 Å². The molecule has 1 heterocycles. The third-order valence-electron chi connectivity index (χ3n) is 5.93. The summed E-state index contributed by atoms with van der Waals surface area (Å²) in [6.07, 6.45) is 7.79. The van der Waals surface area contributed by atoms with Crippen molar-refractivity contribution in [3.63, 3.8) is 0 Å². The van der Waals surface area contributed by atoms with Gasteiger partial charge in [-0.25, -0.2) is 14.5 Å². The highest BCUT2D eigenvalue weighted by atomic mass is 16.4. The average Bonchev–Trinajstić information content (AvgIpc) is 2.78. The maximum atomic E-state index is 11.9. The Bertz CT molecular complexity index is 511. The number of aryl methyl sites for hydroxylation is 1. The van der Waals surface area contributed by atoms with Gasteiger partial charge in [0.05, 0.1) is 0 Å². The van der Waals surface area contributed by atoms with E-state index in [4.69, 9.17) is 0 Å². The Hall–Kier alpha value is -1.39. The van der Waals surface area contributed by atoms with Crippen LogP contribution in [0.25, 0.3) is 0 Å². The van der Waals surface area contributed by atoms with Crippen molar-refractivity contribution in [2.45, 2.75) is 45.1 Å². The number of rotatable bonds is 3. The molecule has 0 aromatic carbocycles. The molecule has 5 heteroatoms. The quantitative estimate of drug-likeness (QED) is 0.919. The third-order valence-corrected chi connectivity index (χ3v) is 5.93. The largest absolute Gasteiger partial charge is 0.480 e. The van der Waals surface area contributed by atoms with Gasteiger partial charge in [-0.3, -0.25) is 0 Å². The molecule has 0 spiro atoms. The van der Waals surface area contributed by atoms with Crippen LogP contribution in [-0.4, -0.2) is 25.8 Å². The van der Waals surface area contributed by atoms with Gasteiger partial charge in [-0.15, -0.1) is 0 Å². The normalized spacial score (nSPS) is 40.0. The van der Waals surface area contributed by atoms with Crippen molar-refractivity contribution in [1.82, 2.24) is 14.8 Å². The molecule has 5 rings (SSSR count). The fourth-order valence-electron chi connectivity index (χ4n) is 5.50. The van der Waals surface area contributed by atoms with Crippen molar-refractivity contribution in [2.75, 3.05) is 0 Å². The van der Waals surface area contributed by atoms with E-state index >= 15 is 0 Å². The van der Waals surface area contributed by atoms with Gasteiger partial charge in [-0.1, -0.05) is 0 Å². The molecule has 0 amide bonds. The molecule has 4 bridgehead atoms. The summed E-state index contributed by atoms with van der Waals surface area (Å²) < 4.78 is 1.65. The molecule has 1 aromatic heterocycles. The van der Waals surface area contributed by atoms with E-state index in [1.165, 1.54) is 38.4 Å². The Kier molecular flexibility index (Phi) is 2.66. The van der Waals surface area contributed by atoms with E-state index in [0.29, 0.717) is 17.7 Å². The number of carboxylic acid groups (broad SMARTS) is 1. The van der Waals surface area contributed by atoms with Gasteiger partial charge in [-0.05, 0) is 68.6 Å². The van der Waals surface area contributed by atoms with Gasteiger partial charge in [0.2, 0.25) is 0 Å². The summed E-state index contributed by atoms with van der Waals surface area (Å²) in [6.45, 7) is 1.85. The number of hydrogen-bond donors (Lipinski definition) is 1. The molecule has 0 radical (unpaired) electrons. The number of carboxylic acids is 1. The number of aromatic nitrogens is 3. The van der Waals surface area contributed by atoms with Crippen molar-refractivity contribution in [2.24, 2.45) is 29.6 Å². The standard InChI is InChI=1S/C15H21N3O2/c1-8-16-7-17-18(8)14(15(19)20)13-11-3-9-2-10(5-11)6-12(13)4-9/h7,9-14H,2-6H2,1H3,(H,19,20). The lowest BCUT2D eigenvalue weighted by molar-refractivity contribution is -0.150. The van der Waals surface area contributed by atoms with Crippen molar-refractivity contribution in [3.05, 3.63) is 12.2 Å². The van der Waals surface area contributed by atoms with Crippen LogP contribution >= 0.6 is 0 Å². The van der Waals surface area contributed by atoms with Crippen molar-refractivity contribution in [1.29, 1.82) is 0 Å². The fourth-order valence-corrected chi connectivity index (χ4v) is 5.50. The zero-order valence-corrected chi connectivity index (χ0v) is 11.8. The summed E-state index contributed by atoms with van der Waals surface area (Å²) in [5, 5.41) is 14.0. The molecule has 4 fully saturated rings. The first-order chi connectivity index (χ1) is 9.63. The van der Waals surface area contributed by atoms with Gasteiger partial charge in [0.1, 0.15) is 12.2 Å². The molecule has 20 heavy (non-hydrogen) atoms. The minimum absolute atomic E-state index is 0.251. The van der Waals surface area contributed by atoms with Gasteiger partial charge >= 0.3 is 5.97 Å². The van der Waals surface area contributed by atoms with Gasteiger partial charge in [0, 0.05) is 0 Å². The Morgan fingerprint density at radius 3 is 2.30 bits per heavy atom. The minimum Gasteiger partial charge on any atom is -0.480 e. The van der Waals surface area contributed by atoms with Crippen LogP contribution in [0.1, 0.15) is 44.0 Å². The molecule has 4 aliphatic carbocycles. The Morgan fingerprint density at radius 2 is 1.85 bits per heavy atom. The average molecular weight is 275 g/mol. The van der Waals surface area contributed by atoms with E-state index in [1.807, 2.05) is 6.92 Å². The van der Waals surface area contributed by atoms with Crippen LogP contribution < -0.4 is 0 Å². The lowest BCUT2D eigenvalue weighted by atomic mass is 9.50. The predicted octanol–water partition coefficient (Wildman–Crippen LogP) is 2.28. The number of carbonyl (C=O) groups is 1. The monoisotopic (exact) mass is 275 g/mol. The molecule has 5 nitrogen and oxygen atoms in total. The van der Waals surface area contributed by atoms with E-state index in [-0.39, 0.29) is 5.92 Å². The van der Waals surface area contributed by atoms with Crippen molar-refractivity contribution < 1.29 is 9.90 Å². The molecule has 1 N–H and O–H groups in total. The second kappa shape index (κ2) is 4.30. The highest BCUT2D eigenvalue weighted by molar-refractivity contribution is 5.72. The van der Waals surface area contributed by atoms with Gasteiger partial charge in [-0.2, -0.15) is 5.10 Å². The summed E-state index contributed by atoms with van der Waals surface area (Å²) in [5.41, 5.74) is 0. The molecule has 1 unspecified atom stereocenters. The molecule has 1 aromatic rings. The van der Waals surface area contributed by atoms with E-state index in [9.17, 15) is 9.90 Å². The molecule has 4 aliphatic rings. The van der Waals surface area contributed by atoms with Gasteiger partial charge < -0.3 is 5.11 Å². The topological polar surface area (TPSA) is 68.0 Å². The second-order valence-corrected chi connectivity index (χ2v) is 7.04. The number of hydrogen-bond acceptors (Lipinski definition) is 3. The molecule has 108 valence electrons. The first kappa shape index (κ1) is 12.4. The summed E-state index contributed by atoms with van der Waals surface area (Å²) >= 11 is 0. The van der Waals surface area contributed by atoms with Crippen molar-refractivity contribution in [3.8, 4) is 0 Å². The fraction of sp³-hybridized carbons (Fsp3) is 0.800. The molecular weight excluding hydrogens is 254 g/mol. The van der Waals surface area contributed by atoms with Crippen LogP contribution in [0.3, 0.4) is 0 Å². The minimum atomic E-state index is -0.740. The lowest BCUT2D eigenvalue weighted by Crippen LogP contribution is -2.50. The van der Waals surface area contributed by atoms with Crippen LogP contribution in [0.15, 0.2) is 6.33 Å². The van der Waals surface area contributed by atoms with Crippen LogP contribution in [0.5, 0.6) is 0 Å². The van der Waals surface area contributed by atoms with Crippen LogP contribution in [-0.2, 0) is 4.79 Å². The Balaban J connectivity index is 1.71. The summed E-state index contributed by atoms with van der Waals surface area (Å²) in [7, 11) is 0. The van der Waals surface area contributed by atoms with Gasteiger partial charge in [0.25, 0.3) is 0 Å².